The number of aliphatic hydroxyl groups excluding tert-OH is 2. The Morgan fingerprint density at radius 2 is 0.477 bits per heavy atom. The predicted molar refractivity (Wildman–Crippen MR) is 463 cm³/mol. The van der Waals surface area contributed by atoms with Crippen LogP contribution in [-0.4, -0.2) is 95.9 Å². The lowest BCUT2D eigenvalue weighted by Gasteiger charge is -2.21. The number of allylic oxidation sites excluding steroid dienone is 24. The highest BCUT2D eigenvalue weighted by Gasteiger charge is 2.29. The van der Waals surface area contributed by atoms with Crippen LogP contribution < -0.4 is 0 Å². The number of ether oxygens (including phenoxy) is 3. The van der Waals surface area contributed by atoms with Crippen molar-refractivity contribution in [2.75, 3.05) is 39.6 Å². The van der Waals surface area contributed by atoms with Crippen molar-refractivity contribution in [2.45, 2.75) is 386 Å². The van der Waals surface area contributed by atoms with Crippen molar-refractivity contribution >= 4 is 33.6 Å². The van der Waals surface area contributed by atoms with Crippen molar-refractivity contribution < 1.29 is 75.8 Å². The highest BCUT2D eigenvalue weighted by molar-refractivity contribution is 7.47. The average molecular weight is 1600 g/mol. The van der Waals surface area contributed by atoms with Crippen LogP contribution in [-0.2, 0) is 55.8 Å². The van der Waals surface area contributed by atoms with E-state index in [2.05, 4.69) is 167 Å². The summed E-state index contributed by atoms with van der Waals surface area (Å²) in [5.74, 6) is -1.58. The molecule has 16 nitrogen and oxygen atoms in total. The van der Waals surface area contributed by atoms with Crippen molar-refractivity contribution in [3.05, 3.63) is 146 Å². The fraction of sp³-hybridized carbons (Fsp3) is 0.710. The molecule has 638 valence electrons. The molecular weight excluding hydrogens is 1430 g/mol. The van der Waals surface area contributed by atoms with Gasteiger partial charge in [-0.05, 0) is 141 Å². The van der Waals surface area contributed by atoms with E-state index < -0.39 is 91.5 Å². The van der Waals surface area contributed by atoms with Gasteiger partial charge in [0, 0.05) is 19.3 Å². The van der Waals surface area contributed by atoms with Crippen LogP contribution in [0.3, 0.4) is 0 Å². The Bertz CT molecular complexity index is 2600. The molecule has 0 aromatic heterocycles. The molecule has 0 fully saturated rings. The van der Waals surface area contributed by atoms with Crippen LogP contribution in [0.5, 0.6) is 0 Å². The third-order valence-electron chi connectivity index (χ3n) is 18.5. The van der Waals surface area contributed by atoms with E-state index in [1.807, 2.05) is 0 Å². The van der Waals surface area contributed by atoms with Crippen LogP contribution >= 0.6 is 15.6 Å². The summed E-state index contributed by atoms with van der Waals surface area (Å²) in [5, 5.41) is 20.7. The van der Waals surface area contributed by atoms with Crippen molar-refractivity contribution in [1.82, 2.24) is 0 Å². The number of aliphatic hydroxyl groups is 2. The van der Waals surface area contributed by atoms with Crippen molar-refractivity contribution in [3.8, 4) is 0 Å². The van der Waals surface area contributed by atoms with E-state index in [4.69, 9.17) is 32.3 Å². The molecule has 0 aromatic carbocycles. The van der Waals surface area contributed by atoms with Gasteiger partial charge in [0.1, 0.15) is 25.4 Å². The van der Waals surface area contributed by atoms with Crippen LogP contribution in [0.2, 0.25) is 0 Å². The molecule has 0 saturated heterocycles. The Hall–Kier alpha value is -4.57. The molecule has 0 rings (SSSR count). The minimum Gasteiger partial charge on any atom is -0.463 e. The van der Waals surface area contributed by atoms with Crippen LogP contribution in [0.25, 0.3) is 0 Å². The molecule has 0 aliphatic rings. The minimum absolute atomic E-state index is 0.0921. The minimum atomic E-state index is -4.94. The topological polar surface area (TPSA) is 231 Å². The van der Waals surface area contributed by atoms with Gasteiger partial charge >= 0.3 is 33.6 Å². The highest BCUT2D eigenvalue weighted by atomic mass is 31.2. The maximum Gasteiger partial charge on any atom is 0.472 e. The molecule has 0 spiro atoms. The zero-order chi connectivity index (χ0) is 80.8. The first-order valence-corrected chi connectivity index (χ1v) is 47.1. The number of hydrogen-bond acceptors (Lipinski definition) is 14. The number of carbonyl (C=O) groups excluding carboxylic acids is 3. The number of esters is 3. The summed E-state index contributed by atoms with van der Waals surface area (Å²) in [5.41, 5.74) is 0. The number of phosphoric acid groups is 2. The molecule has 0 aliphatic carbocycles. The number of carbonyl (C=O) groups is 3. The Balaban J connectivity index is 4.42. The van der Waals surface area contributed by atoms with Gasteiger partial charge in [0.2, 0.25) is 0 Å². The SMILES string of the molecule is CC/C=C\C/C=C\C/C=C\C/C=C\C/C=C\C/C=C\CCCCCCCCCCCCC(=O)OCC(COP(=O)(O)OCC(O)COP(=O)(O)OCC(O)COC(=O)CCCCCCCCCCCCCCCCCCC/C=C\C/C=C\C/C=C\C/C=C\C/C=C\CC)OC(=O)CCCCCCC/C=C\CCCCCC. The molecular formula is C93H160O16P2. The lowest BCUT2D eigenvalue weighted by Crippen LogP contribution is -2.30. The molecule has 4 N–H and O–H groups in total. The molecule has 0 aromatic rings. The van der Waals surface area contributed by atoms with Gasteiger partial charge in [-0.15, -0.1) is 0 Å². The second kappa shape index (κ2) is 84.8. The standard InChI is InChI=1S/C93H160O16P2/c1-4-7-10-13-16-19-22-25-27-29-31-33-35-37-39-41-42-43-44-46-48-49-51-53-55-57-59-62-64-67-70-73-76-79-91(96)103-82-88(94)83-105-110(99,100)106-84-89(95)85-107-111(101,102)108-87-90(109-93(98)81-78-75-72-69-66-61-24-21-18-15-12-9-6-3)86-104-92(97)80-77-74-71-68-65-63-60-58-56-54-52-50-47-45-40-38-36-34-32-30-28-26-23-20-17-14-11-8-5-2/h7-8,10-11,16-17,19-21,24-28,31-34,37-40,47,50,88-90,94-95H,4-6,9,12-15,18,22-23,29-30,35-36,41-46,48-49,51-87H2,1-3H3,(H,99,100)(H,101,102)/b10-7-,11-8-,19-16-,20-17-,24-21-,27-25-,28-26-,33-31-,34-32-,39-37-,40-38-,50-47-. The summed E-state index contributed by atoms with van der Waals surface area (Å²) >= 11 is 0. The normalized spacial score (nSPS) is 14.5. The van der Waals surface area contributed by atoms with Crippen LogP contribution in [0.1, 0.15) is 367 Å². The third-order valence-corrected chi connectivity index (χ3v) is 20.4. The predicted octanol–water partition coefficient (Wildman–Crippen LogP) is 26.8. The number of rotatable bonds is 83. The molecule has 0 amide bonds. The zero-order valence-electron chi connectivity index (χ0n) is 70.1. The third kappa shape index (κ3) is 86.1. The molecule has 111 heavy (non-hydrogen) atoms. The second-order valence-electron chi connectivity index (χ2n) is 29.3. The zero-order valence-corrected chi connectivity index (χ0v) is 71.9. The van der Waals surface area contributed by atoms with Gasteiger partial charge in [0.25, 0.3) is 0 Å². The molecule has 18 heteroatoms. The molecule has 5 atom stereocenters. The number of hydrogen-bond donors (Lipinski definition) is 4. The Labute approximate surface area is 677 Å². The fourth-order valence-corrected chi connectivity index (χ4v) is 13.5. The van der Waals surface area contributed by atoms with Crippen molar-refractivity contribution in [2.24, 2.45) is 0 Å². The number of phosphoric ester groups is 2. The van der Waals surface area contributed by atoms with Crippen molar-refractivity contribution in [3.63, 3.8) is 0 Å². The van der Waals surface area contributed by atoms with Gasteiger partial charge in [0.15, 0.2) is 6.10 Å². The van der Waals surface area contributed by atoms with Crippen LogP contribution in [0, 0.1) is 0 Å². The van der Waals surface area contributed by atoms with E-state index in [-0.39, 0.29) is 19.3 Å². The number of unbranched alkanes of at least 4 members (excludes halogenated alkanes) is 36. The lowest BCUT2D eigenvalue weighted by atomic mass is 10.0. The van der Waals surface area contributed by atoms with Gasteiger partial charge in [-0.1, -0.05) is 353 Å². The smallest absolute Gasteiger partial charge is 0.463 e. The van der Waals surface area contributed by atoms with E-state index in [0.29, 0.717) is 19.3 Å². The Morgan fingerprint density at radius 3 is 0.766 bits per heavy atom. The summed E-state index contributed by atoms with van der Waals surface area (Å²) in [6.07, 6.45) is 106. The Kier molecular flexibility index (Phi) is 81.3. The van der Waals surface area contributed by atoms with Gasteiger partial charge in [-0.25, -0.2) is 9.13 Å². The summed E-state index contributed by atoms with van der Waals surface area (Å²) in [6.45, 7) is 2.46. The highest BCUT2D eigenvalue weighted by Crippen LogP contribution is 2.45. The maximum atomic E-state index is 13.0. The molecule has 0 bridgehead atoms. The summed E-state index contributed by atoms with van der Waals surface area (Å²) in [7, 11) is -9.80. The monoisotopic (exact) mass is 1600 g/mol. The van der Waals surface area contributed by atoms with Gasteiger partial charge in [0.05, 0.1) is 26.4 Å². The summed E-state index contributed by atoms with van der Waals surface area (Å²) in [4.78, 5) is 58.8. The maximum absolute atomic E-state index is 13.0. The molecule has 5 unspecified atom stereocenters. The van der Waals surface area contributed by atoms with Gasteiger partial charge in [-0.2, -0.15) is 0 Å². The van der Waals surface area contributed by atoms with Gasteiger partial charge in [-0.3, -0.25) is 32.5 Å². The lowest BCUT2D eigenvalue weighted by molar-refractivity contribution is -0.161. The molecule has 0 radical (unpaired) electrons. The largest absolute Gasteiger partial charge is 0.472 e. The second-order valence-corrected chi connectivity index (χ2v) is 32.2. The first kappa shape index (κ1) is 106. The van der Waals surface area contributed by atoms with Crippen LogP contribution in [0.15, 0.2) is 146 Å². The van der Waals surface area contributed by atoms with E-state index >= 15 is 0 Å². The summed E-state index contributed by atoms with van der Waals surface area (Å²) in [6, 6.07) is 0. The quantitative estimate of drug-likeness (QED) is 0.0146. The average Bonchev–Trinajstić information content (AvgIpc) is 0.900. The van der Waals surface area contributed by atoms with E-state index in [9.17, 15) is 43.5 Å². The molecule has 0 aliphatic heterocycles. The summed E-state index contributed by atoms with van der Waals surface area (Å²) < 4.78 is 61.3. The van der Waals surface area contributed by atoms with Crippen LogP contribution in [0.4, 0.5) is 0 Å². The first-order chi connectivity index (χ1) is 54.2. The van der Waals surface area contributed by atoms with E-state index in [1.165, 1.54) is 148 Å². The fourth-order valence-electron chi connectivity index (χ4n) is 11.9. The molecule has 0 heterocycles. The Morgan fingerprint density at radius 1 is 0.261 bits per heavy atom. The van der Waals surface area contributed by atoms with E-state index in [0.717, 1.165) is 161 Å². The van der Waals surface area contributed by atoms with Crippen molar-refractivity contribution in [1.29, 1.82) is 0 Å². The first-order valence-electron chi connectivity index (χ1n) is 44.1. The molecule has 0 saturated carbocycles. The van der Waals surface area contributed by atoms with E-state index in [1.54, 1.807) is 0 Å². The van der Waals surface area contributed by atoms with Gasteiger partial charge < -0.3 is 34.2 Å².